The zero-order valence-electron chi connectivity index (χ0n) is 12.9. The smallest absolute Gasteiger partial charge is 0.159 e. The van der Waals surface area contributed by atoms with Crippen molar-refractivity contribution >= 4 is 0 Å². The molecule has 1 fully saturated rings. The molecule has 2 N–H and O–H groups in total. The molecule has 1 heterocycles. The molecule has 118 valence electrons. The lowest BCUT2D eigenvalue weighted by Gasteiger charge is -2.38. The topological polar surface area (TPSA) is 32.5 Å². The summed E-state index contributed by atoms with van der Waals surface area (Å²) in [4.78, 5) is 4.78. The quantitative estimate of drug-likeness (QED) is 0.906. The summed E-state index contributed by atoms with van der Waals surface area (Å²) in [6.45, 7) is 9.17. The Kier molecular flexibility index (Phi) is 5.67. The molecule has 1 saturated heterocycles. The van der Waals surface area contributed by atoms with Gasteiger partial charge in [-0.3, -0.25) is 9.80 Å². The molecule has 2 rings (SSSR count). The van der Waals surface area contributed by atoms with Crippen LogP contribution in [0.1, 0.15) is 31.9 Å². The van der Waals surface area contributed by atoms with E-state index in [-0.39, 0.29) is 6.04 Å². The van der Waals surface area contributed by atoms with Gasteiger partial charge in [0.1, 0.15) is 0 Å². The summed E-state index contributed by atoms with van der Waals surface area (Å²) in [5.41, 5.74) is 6.77. The standard InChI is InChI=1S/C16H25F2N3/c1-3-12(2)21-8-6-20(7-9-21)11-16(19)13-4-5-14(17)15(18)10-13/h4-5,10,12,16H,3,6-9,11,19H2,1-2H3. The van der Waals surface area contributed by atoms with Crippen LogP contribution < -0.4 is 5.73 Å². The van der Waals surface area contributed by atoms with E-state index in [2.05, 4.69) is 23.6 Å². The van der Waals surface area contributed by atoms with Gasteiger partial charge in [-0.15, -0.1) is 0 Å². The molecule has 1 aromatic carbocycles. The van der Waals surface area contributed by atoms with Crippen molar-refractivity contribution in [2.24, 2.45) is 5.73 Å². The van der Waals surface area contributed by atoms with Gasteiger partial charge in [-0.25, -0.2) is 8.78 Å². The fraction of sp³-hybridized carbons (Fsp3) is 0.625. The molecule has 21 heavy (non-hydrogen) atoms. The first-order valence-corrected chi connectivity index (χ1v) is 7.68. The summed E-state index contributed by atoms with van der Waals surface area (Å²) in [6.07, 6.45) is 1.16. The summed E-state index contributed by atoms with van der Waals surface area (Å²) in [5.74, 6) is -1.65. The zero-order valence-corrected chi connectivity index (χ0v) is 12.9. The number of nitrogens with zero attached hydrogens (tertiary/aromatic N) is 2. The van der Waals surface area contributed by atoms with E-state index in [1.165, 1.54) is 6.07 Å². The highest BCUT2D eigenvalue weighted by atomic mass is 19.2. The number of nitrogens with two attached hydrogens (primary N) is 1. The highest BCUT2D eigenvalue weighted by Gasteiger charge is 2.22. The third-order valence-corrected chi connectivity index (χ3v) is 4.45. The molecule has 3 nitrogen and oxygen atoms in total. The van der Waals surface area contributed by atoms with E-state index in [0.29, 0.717) is 18.2 Å². The fourth-order valence-corrected chi connectivity index (χ4v) is 2.77. The van der Waals surface area contributed by atoms with E-state index in [1.807, 2.05) is 0 Å². The van der Waals surface area contributed by atoms with Crippen molar-refractivity contribution in [3.8, 4) is 0 Å². The molecule has 1 aliphatic rings. The SMILES string of the molecule is CCC(C)N1CCN(CC(N)c2ccc(F)c(F)c2)CC1. The van der Waals surface area contributed by atoms with Gasteiger partial charge in [-0.1, -0.05) is 13.0 Å². The lowest BCUT2D eigenvalue weighted by atomic mass is 10.1. The Morgan fingerprint density at radius 2 is 1.81 bits per heavy atom. The van der Waals surface area contributed by atoms with Crippen LogP contribution in [0.3, 0.4) is 0 Å². The molecule has 0 spiro atoms. The maximum atomic E-state index is 13.2. The van der Waals surface area contributed by atoms with Gasteiger partial charge in [0.15, 0.2) is 11.6 Å². The van der Waals surface area contributed by atoms with Crippen molar-refractivity contribution in [3.05, 3.63) is 35.4 Å². The zero-order chi connectivity index (χ0) is 15.4. The first-order chi connectivity index (χ1) is 10.0. The molecule has 2 atom stereocenters. The Morgan fingerprint density at radius 3 is 2.38 bits per heavy atom. The molecule has 0 aliphatic carbocycles. The van der Waals surface area contributed by atoms with Gasteiger partial charge in [-0.05, 0) is 31.0 Å². The average molecular weight is 297 g/mol. The second-order valence-electron chi connectivity index (χ2n) is 5.87. The summed E-state index contributed by atoms with van der Waals surface area (Å²) in [6, 6.07) is 4.25. The van der Waals surface area contributed by atoms with Gasteiger partial charge in [-0.2, -0.15) is 0 Å². The van der Waals surface area contributed by atoms with Crippen molar-refractivity contribution in [2.75, 3.05) is 32.7 Å². The molecule has 5 heteroatoms. The molecule has 0 radical (unpaired) electrons. The first-order valence-electron chi connectivity index (χ1n) is 7.68. The number of rotatable bonds is 5. The fourth-order valence-electron chi connectivity index (χ4n) is 2.77. The van der Waals surface area contributed by atoms with E-state index in [4.69, 9.17) is 5.73 Å². The Morgan fingerprint density at radius 1 is 1.14 bits per heavy atom. The van der Waals surface area contributed by atoms with Crippen molar-refractivity contribution in [1.29, 1.82) is 0 Å². The van der Waals surface area contributed by atoms with Crippen LogP contribution in [0.25, 0.3) is 0 Å². The second kappa shape index (κ2) is 7.29. The van der Waals surface area contributed by atoms with E-state index >= 15 is 0 Å². The Balaban J connectivity index is 1.86. The molecule has 0 bridgehead atoms. The van der Waals surface area contributed by atoms with Gasteiger partial charge >= 0.3 is 0 Å². The summed E-state index contributed by atoms with van der Waals surface area (Å²) in [7, 11) is 0. The predicted octanol–water partition coefficient (Wildman–Crippen LogP) is 2.38. The van der Waals surface area contributed by atoms with Crippen molar-refractivity contribution in [3.63, 3.8) is 0 Å². The van der Waals surface area contributed by atoms with Gasteiger partial charge in [0.05, 0.1) is 0 Å². The van der Waals surface area contributed by atoms with Gasteiger partial charge < -0.3 is 5.73 Å². The van der Waals surface area contributed by atoms with Crippen LogP contribution in [-0.4, -0.2) is 48.6 Å². The minimum absolute atomic E-state index is 0.282. The van der Waals surface area contributed by atoms with Gasteiger partial charge in [0, 0.05) is 44.8 Å². The minimum Gasteiger partial charge on any atom is -0.323 e. The third kappa shape index (κ3) is 4.22. The van der Waals surface area contributed by atoms with E-state index < -0.39 is 11.6 Å². The maximum Gasteiger partial charge on any atom is 0.159 e. The van der Waals surface area contributed by atoms with Crippen LogP contribution in [0.2, 0.25) is 0 Å². The van der Waals surface area contributed by atoms with Gasteiger partial charge in [0.2, 0.25) is 0 Å². The van der Waals surface area contributed by atoms with Crippen LogP contribution >= 0.6 is 0 Å². The Hall–Kier alpha value is -1.04. The molecule has 0 aromatic heterocycles. The first kappa shape index (κ1) is 16.3. The lowest BCUT2D eigenvalue weighted by molar-refractivity contribution is 0.0968. The largest absolute Gasteiger partial charge is 0.323 e. The molecule has 2 unspecified atom stereocenters. The number of benzene rings is 1. The van der Waals surface area contributed by atoms with Crippen molar-refractivity contribution in [2.45, 2.75) is 32.4 Å². The molecule has 1 aromatic rings. The number of hydrogen-bond donors (Lipinski definition) is 1. The van der Waals surface area contributed by atoms with Crippen LogP contribution in [0, 0.1) is 11.6 Å². The molecule has 0 saturated carbocycles. The second-order valence-corrected chi connectivity index (χ2v) is 5.87. The normalized spacial score (nSPS) is 20.4. The van der Waals surface area contributed by atoms with E-state index in [1.54, 1.807) is 6.07 Å². The number of halogens is 2. The predicted molar refractivity (Wildman–Crippen MR) is 81.1 cm³/mol. The van der Waals surface area contributed by atoms with Crippen LogP contribution in [0.15, 0.2) is 18.2 Å². The molecular weight excluding hydrogens is 272 g/mol. The maximum absolute atomic E-state index is 13.2. The number of hydrogen-bond acceptors (Lipinski definition) is 3. The summed E-state index contributed by atoms with van der Waals surface area (Å²) in [5, 5.41) is 0. The van der Waals surface area contributed by atoms with Crippen molar-refractivity contribution in [1.82, 2.24) is 9.80 Å². The van der Waals surface area contributed by atoms with Crippen LogP contribution in [-0.2, 0) is 0 Å². The van der Waals surface area contributed by atoms with Gasteiger partial charge in [0.25, 0.3) is 0 Å². The molecular formula is C16H25F2N3. The highest BCUT2D eigenvalue weighted by molar-refractivity contribution is 5.21. The number of piperazine rings is 1. The summed E-state index contributed by atoms with van der Waals surface area (Å²) < 4.78 is 26.2. The Labute approximate surface area is 125 Å². The van der Waals surface area contributed by atoms with E-state index in [9.17, 15) is 8.78 Å². The third-order valence-electron chi connectivity index (χ3n) is 4.45. The lowest BCUT2D eigenvalue weighted by Crippen LogP contribution is -2.50. The van der Waals surface area contributed by atoms with Crippen molar-refractivity contribution < 1.29 is 8.78 Å². The van der Waals surface area contributed by atoms with E-state index in [0.717, 1.165) is 38.7 Å². The minimum atomic E-state index is -0.829. The average Bonchev–Trinajstić information content (AvgIpc) is 2.50. The monoisotopic (exact) mass is 297 g/mol. The van der Waals surface area contributed by atoms with Crippen LogP contribution in [0.4, 0.5) is 8.78 Å². The molecule has 0 amide bonds. The molecule has 1 aliphatic heterocycles. The Bertz CT molecular complexity index is 459. The summed E-state index contributed by atoms with van der Waals surface area (Å²) >= 11 is 0. The van der Waals surface area contributed by atoms with Crippen LogP contribution in [0.5, 0.6) is 0 Å². The highest BCUT2D eigenvalue weighted by Crippen LogP contribution is 2.17.